The van der Waals surface area contributed by atoms with Crippen LogP contribution in [-0.2, 0) is 20.0 Å². The Kier molecular flexibility index (Phi) is 6.18. The Labute approximate surface area is 168 Å². The topological polar surface area (TPSA) is 105 Å². The number of nitrogens with one attached hydrogen (secondary N) is 2. The first-order valence-corrected chi connectivity index (χ1v) is 11.8. The van der Waals surface area contributed by atoms with Crippen molar-refractivity contribution < 1.29 is 25.6 Å². The lowest BCUT2D eigenvalue weighted by Gasteiger charge is -2.12. The fourth-order valence-electron chi connectivity index (χ4n) is 2.80. The molecule has 0 aromatic heterocycles. The van der Waals surface area contributed by atoms with Crippen LogP contribution in [0.2, 0.25) is 0 Å². The summed E-state index contributed by atoms with van der Waals surface area (Å²) in [7, 11) is -8.36. The average Bonchev–Trinajstić information content (AvgIpc) is 2.89. The Hall–Kier alpha value is -2.53. The summed E-state index contributed by atoms with van der Waals surface area (Å²) in [4.78, 5) is 3.29. The predicted octanol–water partition coefficient (Wildman–Crippen LogP) is 3.02. The molecule has 29 heavy (non-hydrogen) atoms. The van der Waals surface area contributed by atoms with Crippen molar-refractivity contribution in [3.05, 3.63) is 54.1 Å². The molecule has 11 heteroatoms. The highest BCUT2D eigenvalue weighted by Gasteiger charge is 2.22. The second-order valence-corrected chi connectivity index (χ2v) is 9.79. The average molecular weight is 443 g/mol. The Bertz CT molecular complexity index is 1150. The van der Waals surface area contributed by atoms with Crippen LogP contribution in [0, 0.1) is 11.6 Å². The standard InChI is InChI=1S/C18H19F2N3O4S2/c19-13-8-9-17(16(20)11-13)29(26,27)22-14-5-4-6-15(12-14)28(24,25)23-18-7-2-1-3-10-21-18/h4-6,8-9,11-12,22H,1-3,7,10H2,(H,21,23). The van der Waals surface area contributed by atoms with Gasteiger partial charge in [-0.2, -0.15) is 0 Å². The van der Waals surface area contributed by atoms with Gasteiger partial charge >= 0.3 is 0 Å². The first-order chi connectivity index (χ1) is 13.7. The highest BCUT2D eigenvalue weighted by molar-refractivity contribution is 7.92. The molecule has 0 radical (unpaired) electrons. The van der Waals surface area contributed by atoms with E-state index < -0.39 is 36.6 Å². The van der Waals surface area contributed by atoms with Crippen molar-refractivity contribution in [1.82, 2.24) is 4.72 Å². The zero-order valence-electron chi connectivity index (χ0n) is 15.2. The summed E-state index contributed by atoms with van der Waals surface area (Å²) in [5.74, 6) is -1.81. The molecule has 2 N–H and O–H groups in total. The van der Waals surface area contributed by atoms with Gasteiger partial charge in [-0.25, -0.2) is 25.6 Å². The summed E-state index contributed by atoms with van der Waals surface area (Å²) in [5, 5.41) is 0. The zero-order valence-corrected chi connectivity index (χ0v) is 16.9. The molecule has 1 aliphatic rings. The molecule has 1 aliphatic heterocycles. The molecular weight excluding hydrogens is 424 g/mol. The molecule has 1 heterocycles. The molecule has 2 aromatic rings. The van der Waals surface area contributed by atoms with Gasteiger partial charge in [0.05, 0.1) is 10.6 Å². The van der Waals surface area contributed by atoms with Crippen LogP contribution in [0.15, 0.2) is 57.2 Å². The SMILES string of the molecule is O=S(=O)(NC1=NCCCCC1)c1cccc(NS(=O)(=O)c2ccc(F)cc2F)c1. The van der Waals surface area contributed by atoms with Crippen LogP contribution in [0.25, 0.3) is 0 Å². The number of hydrogen-bond acceptors (Lipinski definition) is 5. The highest BCUT2D eigenvalue weighted by Crippen LogP contribution is 2.22. The second kappa shape index (κ2) is 8.46. The van der Waals surface area contributed by atoms with E-state index in [-0.39, 0.29) is 10.6 Å². The van der Waals surface area contributed by atoms with E-state index in [0.717, 1.165) is 37.5 Å². The molecule has 2 aromatic carbocycles. The first kappa shape index (κ1) is 21.2. The van der Waals surface area contributed by atoms with E-state index in [1.807, 2.05) is 0 Å². The van der Waals surface area contributed by atoms with E-state index in [4.69, 9.17) is 0 Å². The Morgan fingerprint density at radius 1 is 0.862 bits per heavy atom. The fraction of sp³-hybridized carbons (Fsp3) is 0.278. The number of anilines is 1. The quantitative estimate of drug-likeness (QED) is 0.741. The van der Waals surface area contributed by atoms with Gasteiger partial charge in [-0.3, -0.25) is 14.4 Å². The van der Waals surface area contributed by atoms with E-state index in [1.165, 1.54) is 18.2 Å². The third-order valence-corrected chi connectivity index (χ3v) is 7.00. The Morgan fingerprint density at radius 3 is 2.41 bits per heavy atom. The van der Waals surface area contributed by atoms with Crippen LogP contribution in [0.1, 0.15) is 25.7 Å². The highest BCUT2D eigenvalue weighted by atomic mass is 32.2. The normalized spacial score (nSPS) is 15.3. The molecule has 0 amide bonds. The molecule has 0 unspecified atom stereocenters. The van der Waals surface area contributed by atoms with Crippen LogP contribution in [-0.4, -0.2) is 29.2 Å². The van der Waals surface area contributed by atoms with E-state index >= 15 is 0 Å². The summed E-state index contributed by atoms with van der Waals surface area (Å²) >= 11 is 0. The number of aliphatic imine (C=N–C) groups is 1. The van der Waals surface area contributed by atoms with Gasteiger partial charge in [-0.15, -0.1) is 0 Å². The predicted molar refractivity (Wildman–Crippen MR) is 105 cm³/mol. The number of amidine groups is 1. The maximum atomic E-state index is 13.8. The molecule has 0 saturated carbocycles. The van der Waals surface area contributed by atoms with Gasteiger partial charge in [0.25, 0.3) is 20.0 Å². The molecular formula is C18H19F2N3O4S2. The zero-order chi connectivity index (χ0) is 21.1. The van der Waals surface area contributed by atoms with Crippen LogP contribution in [0.5, 0.6) is 0 Å². The summed E-state index contributed by atoms with van der Waals surface area (Å²) in [6.07, 6.45) is 3.19. The van der Waals surface area contributed by atoms with Crippen molar-refractivity contribution in [3.8, 4) is 0 Å². The summed E-state index contributed by atoms with van der Waals surface area (Å²) < 4.78 is 81.4. The summed E-state index contributed by atoms with van der Waals surface area (Å²) in [6.45, 7) is 0.543. The van der Waals surface area contributed by atoms with Gasteiger partial charge in [-0.1, -0.05) is 12.5 Å². The summed E-state index contributed by atoms with van der Waals surface area (Å²) in [6, 6.07) is 7.14. The van der Waals surface area contributed by atoms with Crippen molar-refractivity contribution in [3.63, 3.8) is 0 Å². The lowest BCUT2D eigenvalue weighted by Crippen LogP contribution is -2.30. The van der Waals surface area contributed by atoms with Gasteiger partial charge in [-0.05, 0) is 43.2 Å². The van der Waals surface area contributed by atoms with Crippen molar-refractivity contribution in [2.24, 2.45) is 4.99 Å². The molecule has 0 bridgehead atoms. The lowest BCUT2D eigenvalue weighted by molar-refractivity contribution is 0.551. The van der Waals surface area contributed by atoms with Crippen molar-refractivity contribution in [2.45, 2.75) is 35.5 Å². The number of sulfonamides is 2. The van der Waals surface area contributed by atoms with Crippen molar-refractivity contribution in [2.75, 3.05) is 11.3 Å². The second-order valence-electron chi connectivity index (χ2n) is 6.45. The minimum Gasteiger partial charge on any atom is -0.279 e. The first-order valence-electron chi connectivity index (χ1n) is 8.81. The molecule has 7 nitrogen and oxygen atoms in total. The smallest absolute Gasteiger partial charge is 0.264 e. The monoisotopic (exact) mass is 443 g/mol. The molecule has 156 valence electrons. The Morgan fingerprint density at radius 2 is 1.66 bits per heavy atom. The maximum Gasteiger partial charge on any atom is 0.264 e. The largest absolute Gasteiger partial charge is 0.279 e. The van der Waals surface area contributed by atoms with Gasteiger partial charge in [0, 0.05) is 19.0 Å². The number of halogens is 2. The molecule has 3 rings (SSSR count). The third-order valence-electron chi connectivity index (χ3n) is 4.21. The summed E-state index contributed by atoms with van der Waals surface area (Å²) in [5.41, 5.74) is -0.0839. The number of benzene rings is 2. The van der Waals surface area contributed by atoms with Gasteiger partial charge in [0.15, 0.2) is 0 Å². The number of hydrogen-bond donors (Lipinski definition) is 2. The molecule has 0 spiro atoms. The van der Waals surface area contributed by atoms with E-state index in [9.17, 15) is 25.6 Å². The van der Waals surface area contributed by atoms with E-state index in [0.29, 0.717) is 24.9 Å². The van der Waals surface area contributed by atoms with Gasteiger partial charge in [0.2, 0.25) is 0 Å². The lowest BCUT2D eigenvalue weighted by atomic mass is 10.2. The Balaban J connectivity index is 1.84. The van der Waals surface area contributed by atoms with Crippen molar-refractivity contribution >= 4 is 31.6 Å². The van der Waals surface area contributed by atoms with Crippen LogP contribution in [0.4, 0.5) is 14.5 Å². The maximum absolute atomic E-state index is 13.8. The fourth-order valence-corrected chi connectivity index (χ4v) is 5.05. The van der Waals surface area contributed by atoms with Crippen LogP contribution in [0.3, 0.4) is 0 Å². The van der Waals surface area contributed by atoms with E-state index in [2.05, 4.69) is 14.4 Å². The third kappa shape index (κ3) is 5.30. The van der Waals surface area contributed by atoms with Gasteiger partial charge in [0.1, 0.15) is 22.4 Å². The molecule has 0 aliphatic carbocycles. The minimum absolute atomic E-state index is 0.0839. The minimum atomic E-state index is -4.39. The van der Waals surface area contributed by atoms with Crippen LogP contribution >= 0.6 is 0 Å². The molecule has 0 saturated heterocycles. The van der Waals surface area contributed by atoms with Crippen LogP contribution < -0.4 is 9.44 Å². The number of nitrogens with zero attached hydrogens (tertiary/aromatic N) is 1. The molecule has 0 fully saturated rings. The van der Waals surface area contributed by atoms with Crippen molar-refractivity contribution in [1.29, 1.82) is 0 Å². The number of rotatable bonds is 5. The molecule has 0 atom stereocenters. The van der Waals surface area contributed by atoms with E-state index in [1.54, 1.807) is 0 Å². The van der Waals surface area contributed by atoms with Gasteiger partial charge < -0.3 is 0 Å².